The van der Waals surface area contributed by atoms with E-state index >= 15 is 0 Å². The Hall–Kier alpha value is -2.91. The Labute approximate surface area is 129 Å². The molecule has 3 heteroatoms. The molecule has 0 aromatic heterocycles. The molecule has 0 unspecified atom stereocenters. The van der Waals surface area contributed by atoms with Crippen molar-refractivity contribution in [3.8, 4) is 0 Å². The lowest BCUT2D eigenvalue weighted by Gasteiger charge is -2.19. The molecule has 0 saturated carbocycles. The summed E-state index contributed by atoms with van der Waals surface area (Å²) in [6.45, 7) is 0. The molecule has 0 aliphatic rings. The van der Waals surface area contributed by atoms with E-state index in [-0.39, 0.29) is 0 Å². The average molecular weight is 288 g/mol. The minimum Gasteiger partial charge on any atom is -0.282 e. The Morgan fingerprint density at radius 3 is 1.77 bits per heavy atom. The molecule has 3 nitrogen and oxygen atoms in total. The third-order valence-electron chi connectivity index (χ3n) is 3.22. The predicted octanol–water partition coefficient (Wildman–Crippen LogP) is 4.66. The maximum absolute atomic E-state index is 10.6. The summed E-state index contributed by atoms with van der Waals surface area (Å²) in [5, 5.41) is 11.7. The quantitative estimate of drug-likeness (QED) is 0.432. The number of amidine groups is 1. The van der Waals surface area contributed by atoms with Crippen LogP contribution in [0.5, 0.6) is 0 Å². The molecule has 1 N–H and O–H groups in total. The van der Waals surface area contributed by atoms with Crippen LogP contribution in [0.4, 0.5) is 11.4 Å². The smallest absolute Gasteiger partial charge is 0.165 e. The van der Waals surface area contributed by atoms with Crippen molar-refractivity contribution < 1.29 is 5.21 Å². The van der Waals surface area contributed by atoms with Gasteiger partial charge in [0.15, 0.2) is 5.84 Å². The Morgan fingerprint density at radius 2 is 1.18 bits per heavy atom. The lowest BCUT2D eigenvalue weighted by atomic mass is 10.2. The molecule has 3 rings (SSSR count). The summed E-state index contributed by atoms with van der Waals surface area (Å²) in [5.41, 5.74) is 2.30. The van der Waals surface area contributed by atoms with Crippen LogP contribution in [0.2, 0.25) is 0 Å². The number of hydrogen-bond acceptors (Lipinski definition) is 2. The van der Waals surface area contributed by atoms with Gasteiger partial charge in [0.1, 0.15) is 0 Å². The third-order valence-corrected chi connectivity index (χ3v) is 3.22. The van der Waals surface area contributed by atoms with E-state index in [9.17, 15) is 5.21 Å². The Balaban J connectivity index is 2.06. The van der Waals surface area contributed by atoms with Gasteiger partial charge in [-0.25, -0.2) is 10.1 Å². The second kappa shape index (κ2) is 6.70. The molecule has 3 aromatic carbocycles. The molecular weight excluding hydrogens is 272 g/mol. The Kier molecular flexibility index (Phi) is 4.27. The first kappa shape index (κ1) is 14.0. The van der Waals surface area contributed by atoms with E-state index in [2.05, 4.69) is 4.99 Å². The molecule has 0 heterocycles. The van der Waals surface area contributed by atoms with Gasteiger partial charge in [-0.1, -0.05) is 66.7 Å². The molecule has 22 heavy (non-hydrogen) atoms. The summed E-state index contributed by atoms with van der Waals surface area (Å²) in [7, 11) is 0. The van der Waals surface area contributed by atoms with Gasteiger partial charge in [-0.2, -0.15) is 0 Å². The summed E-state index contributed by atoms with van der Waals surface area (Å²) >= 11 is 0. The molecule has 0 bridgehead atoms. The molecule has 0 amide bonds. The zero-order valence-corrected chi connectivity index (χ0v) is 12.0. The second-order valence-electron chi connectivity index (χ2n) is 4.78. The van der Waals surface area contributed by atoms with E-state index in [1.54, 1.807) is 0 Å². The van der Waals surface area contributed by atoms with Gasteiger partial charge in [0.2, 0.25) is 0 Å². The number of anilines is 1. The molecule has 0 radical (unpaired) electrons. The van der Waals surface area contributed by atoms with Crippen molar-refractivity contribution in [2.45, 2.75) is 0 Å². The zero-order valence-electron chi connectivity index (χ0n) is 12.0. The van der Waals surface area contributed by atoms with Crippen molar-refractivity contribution in [2.24, 2.45) is 4.99 Å². The lowest BCUT2D eigenvalue weighted by molar-refractivity contribution is 0.313. The number of hydrogen-bond donors (Lipinski definition) is 1. The van der Waals surface area contributed by atoms with Crippen LogP contribution in [0.1, 0.15) is 5.56 Å². The van der Waals surface area contributed by atoms with Gasteiger partial charge in [0.25, 0.3) is 0 Å². The number of para-hydroxylation sites is 2. The highest BCUT2D eigenvalue weighted by molar-refractivity contribution is 6.09. The van der Waals surface area contributed by atoms with Crippen LogP contribution in [0.3, 0.4) is 0 Å². The number of nitrogens with zero attached hydrogens (tertiary/aromatic N) is 2. The number of hydroxylamine groups is 1. The van der Waals surface area contributed by atoms with Crippen LogP contribution in [-0.4, -0.2) is 11.0 Å². The summed E-state index contributed by atoms with van der Waals surface area (Å²) < 4.78 is 0. The average Bonchev–Trinajstić information content (AvgIpc) is 2.61. The molecule has 0 fully saturated rings. The predicted molar refractivity (Wildman–Crippen MR) is 89.8 cm³/mol. The van der Waals surface area contributed by atoms with E-state index in [0.717, 1.165) is 16.3 Å². The summed E-state index contributed by atoms with van der Waals surface area (Å²) in [5.74, 6) is 0.484. The minimum atomic E-state index is 0.484. The van der Waals surface area contributed by atoms with E-state index in [4.69, 9.17) is 0 Å². The number of aliphatic imine (C=N–C) groups is 1. The van der Waals surface area contributed by atoms with Crippen molar-refractivity contribution in [3.63, 3.8) is 0 Å². The first-order valence-corrected chi connectivity index (χ1v) is 7.08. The Morgan fingerprint density at radius 1 is 0.682 bits per heavy atom. The van der Waals surface area contributed by atoms with Gasteiger partial charge < -0.3 is 0 Å². The van der Waals surface area contributed by atoms with Crippen molar-refractivity contribution in [1.82, 2.24) is 0 Å². The van der Waals surface area contributed by atoms with E-state index < -0.39 is 0 Å². The van der Waals surface area contributed by atoms with Crippen molar-refractivity contribution >= 4 is 17.2 Å². The van der Waals surface area contributed by atoms with E-state index in [0.29, 0.717) is 11.5 Å². The van der Waals surface area contributed by atoms with Gasteiger partial charge in [0, 0.05) is 5.56 Å². The summed E-state index contributed by atoms with van der Waals surface area (Å²) in [4.78, 5) is 4.60. The van der Waals surface area contributed by atoms with Gasteiger partial charge >= 0.3 is 0 Å². The standard InChI is InChI=1S/C19H16N2O/c22-21(18-14-8-3-9-15-18)19(16-10-4-1-5-11-16)20-17-12-6-2-7-13-17/h1-15,22H/b20-19+. The van der Waals surface area contributed by atoms with Crippen LogP contribution < -0.4 is 5.06 Å². The first-order valence-electron chi connectivity index (χ1n) is 7.08. The van der Waals surface area contributed by atoms with Crippen molar-refractivity contribution in [1.29, 1.82) is 0 Å². The van der Waals surface area contributed by atoms with Crippen LogP contribution in [0, 0.1) is 0 Å². The van der Waals surface area contributed by atoms with Gasteiger partial charge in [-0.3, -0.25) is 5.21 Å². The maximum atomic E-state index is 10.6. The highest BCUT2D eigenvalue weighted by Crippen LogP contribution is 2.19. The Bertz CT molecular complexity index is 740. The lowest BCUT2D eigenvalue weighted by Crippen LogP contribution is -2.27. The summed E-state index contributed by atoms with van der Waals surface area (Å²) in [6.07, 6.45) is 0. The monoisotopic (exact) mass is 288 g/mol. The molecule has 108 valence electrons. The van der Waals surface area contributed by atoms with Crippen LogP contribution in [0.25, 0.3) is 0 Å². The molecule has 0 spiro atoms. The van der Waals surface area contributed by atoms with E-state index in [1.807, 2.05) is 91.0 Å². The third kappa shape index (κ3) is 3.22. The fourth-order valence-electron chi connectivity index (χ4n) is 2.14. The highest BCUT2D eigenvalue weighted by atomic mass is 16.5. The van der Waals surface area contributed by atoms with Crippen molar-refractivity contribution in [2.75, 3.05) is 5.06 Å². The fourth-order valence-corrected chi connectivity index (χ4v) is 2.14. The maximum Gasteiger partial charge on any atom is 0.165 e. The molecule has 0 aliphatic carbocycles. The molecule has 0 saturated heterocycles. The van der Waals surface area contributed by atoms with Crippen molar-refractivity contribution in [3.05, 3.63) is 96.6 Å². The normalized spacial score (nSPS) is 11.2. The van der Waals surface area contributed by atoms with Gasteiger partial charge in [-0.15, -0.1) is 0 Å². The SMILES string of the molecule is ON(/C(=N/c1ccccc1)c1ccccc1)c1ccccc1. The van der Waals surface area contributed by atoms with E-state index in [1.165, 1.54) is 0 Å². The zero-order chi connectivity index (χ0) is 15.2. The minimum absolute atomic E-state index is 0.484. The van der Waals surface area contributed by atoms with Crippen LogP contribution in [0.15, 0.2) is 96.0 Å². The van der Waals surface area contributed by atoms with Gasteiger partial charge in [0.05, 0.1) is 11.4 Å². The molecule has 3 aromatic rings. The fraction of sp³-hybridized carbons (Fsp3) is 0. The molecular formula is C19H16N2O. The number of rotatable bonds is 3. The second-order valence-corrected chi connectivity index (χ2v) is 4.78. The molecule has 0 atom stereocenters. The largest absolute Gasteiger partial charge is 0.282 e. The van der Waals surface area contributed by atoms with Crippen LogP contribution in [-0.2, 0) is 0 Å². The van der Waals surface area contributed by atoms with Crippen LogP contribution >= 0.6 is 0 Å². The summed E-state index contributed by atoms with van der Waals surface area (Å²) in [6, 6.07) is 28.6. The van der Waals surface area contributed by atoms with Gasteiger partial charge in [-0.05, 0) is 24.3 Å². The molecule has 0 aliphatic heterocycles. The highest BCUT2D eigenvalue weighted by Gasteiger charge is 2.13. The number of benzene rings is 3. The topological polar surface area (TPSA) is 35.8 Å². The first-order chi connectivity index (χ1) is 10.8.